The van der Waals surface area contributed by atoms with Gasteiger partial charge in [-0.05, 0) is 35.3 Å². The van der Waals surface area contributed by atoms with Crippen LogP contribution in [0.15, 0.2) is 16.7 Å². The summed E-state index contributed by atoms with van der Waals surface area (Å²) in [5, 5.41) is 3.40. The number of hydrogen-bond donors (Lipinski definition) is 2. The van der Waals surface area contributed by atoms with E-state index in [9.17, 15) is 0 Å². The highest BCUT2D eigenvalue weighted by atomic mass is 79.9. The molecule has 0 aliphatic rings. The van der Waals surface area contributed by atoms with Crippen LogP contribution in [-0.2, 0) is 0 Å². The van der Waals surface area contributed by atoms with Crippen LogP contribution in [0, 0.1) is 0 Å². The summed E-state index contributed by atoms with van der Waals surface area (Å²) >= 11 is 3.46. The first kappa shape index (κ1) is 14.3. The molecule has 0 spiro atoms. The molecule has 1 rings (SSSR count). The summed E-state index contributed by atoms with van der Waals surface area (Å²) < 4.78 is 0.929. The molecule has 0 aromatic carbocycles. The van der Waals surface area contributed by atoms with E-state index in [1.807, 2.05) is 6.07 Å². The average Bonchev–Trinajstić information content (AvgIpc) is 2.28. The minimum atomic E-state index is 0.444. The van der Waals surface area contributed by atoms with Crippen molar-refractivity contribution < 1.29 is 0 Å². The molecule has 1 unspecified atom stereocenters. The van der Waals surface area contributed by atoms with E-state index in [2.05, 4.69) is 40.1 Å². The summed E-state index contributed by atoms with van der Waals surface area (Å²) in [5.41, 5.74) is 6.33. The zero-order chi connectivity index (χ0) is 12.7. The minimum absolute atomic E-state index is 0.444. The number of nitrogens with one attached hydrogen (secondary N) is 1. The number of pyridine rings is 1. The van der Waals surface area contributed by atoms with Crippen molar-refractivity contribution in [3.63, 3.8) is 0 Å². The molecule has 1 aromatic heterocycles. The SMILES string of the molecule is CCCCCCC(C)Nc1ncc(N)cc1Br. The van der Waals surface area contributed by atoms with E-state index in [4.69, 9.17) is 5.73 Å². The number of rotatable bonds is 7. The molecular weight excluding hydrogens is 278 g/mol. The van der Waals surface area contributed by atoms with E-state index in [-0.39, 0.29) is 0 Å². The number of nitrogens with zero attached hydrogens (tertiary/aromatic N) is 1. The molecule has 0 saturated heterocycles. The molecule has 96 valence electrons. The topological polar surface area (TPSA) is 50.9 Å². The fourth-order valence-electron chi connectivity index (χ4n) is 1.74. The predicted octanol–water partition coefficient (Wildman–Crippen LogP) is 4.20. The molecule has 4 heteroatoms. The monoisotopic (exact) mass is 299 g/mol. The predicted molar refractivity (Wildman–Crippen MR) is 78.2 cm³/mol. The molecule has 1 heterocycles. The maximum absolute atomic E-state index is 5.65. The lowest BCUT2D eigenvalue weighted by atomic mass is 10.1. The third kappa shape index (κ3) is 5.39. The van der Waals surface area contributed by atoms with Crippen LogP contribution in [0.4, 0.5) is 11.5 Å². The van der Waals surface area contributed by atoms with E-state index in [0.29, 0.717) is 11.7 Å². The second-order valence-electron chi connectivity index (χ2n) is 4.49. The summed E-state index contributed by atoms with van der Waals surface area (Å²) in [6.07, 6.45) is 8.06. The highest BCUT2D eigenvalue weighted by Gasteiger charge is 2.06. The van der Waals surface area contributed by atoms with Gasteiger partial charge in [-0.3, -0.25) is 0 Å². The maximum atomic E-state index is 5.65. The average molecular weight is 300 g/mol. The number of halogens is 1. The number of nitrogens with two attached hydrogens (primary N) is 1. The van der Waals surface area contributed by atoms with Gasteiger partial charge >= 0.3 is 0 Å². The van der Waals surface area contributed by atoms with Gasteiger partial charge in [0.2, 0.25) is 0 Å². The summed E-state index contributed by atoms with van der Waals surface area (Å²) in [4.78, 5) is 4.28. The Labute approximate surface area is 112 Å². The number of hydrogen-bond acceptors (Lipinski definition) is 3. The molecule has 1 atom stereocenters. The van der Waals surface area contributed by atoms with Gasteiger partial charge in [-0.2, -0.15) is 0 Å². The van der Waals surface area contributed by atoms with E-state index in [0.717, 1.165) is 10.3 Å². The van der Waals surface area contributed by atoms with Crippen LogP contribution < -0.4 is 11.1 Å². The van der Waals surface area contributed by atoms with Crippen LogP contribution in [0.2, 0.25) is 0 Å². The zero-order valence-electron chi connectivity index (χ0n) is 10.7. The minimum Gasteiger partial charge on any atom is -0.397 e. The number of aromatic nitrogens is 1. The summed E-state index contributed by atoms with van der Waals surface area (Å²) in [6.45, 7) is 4.42. The van der Waals surface area contributed by atoms with E-state index in [1.165, 1.54) is 32.1 Å². The molecule has 3 nitrogen and oxygen atoms in total. The molecule has 0 amide bonds. The number of nitrogen functional groups attached to an aromatic ring is 1. The van der Waals surface area contributed by atoms with Gasteiger partial charge in [-0.25, -0.2) is 4.98 Å². The lowest BCUT2D eigenvalue weighted by molar-refractivity contribution is 0.593. The van der Waals surface area contributed by atoms with Crippen molar-refractivity contribution in [3.8, 4) is 0 Å². The van der Waals surface area contributed by atoms with Gasteiger partial charge in [-0.15, -0.1) is 0 Å². The Bertz CT molecular complexity index is 341. The van der Waals surface area contributed by atoms with Crippen LogP contribution >= 0.6 is 15.9 Å². The summed E-state index contributed by atoms with van der Waals surface area (Å²) in [5.74, 6) is 0.877. The van der Waals surface area contributed by atoms with Crippen molar-refractivity contribution in [1.29, 1.82) is 0 Å². The summed E-state index contributed by atoms with van der Waals surface area (Å²) in [6, 6.07) is 2.32. The molecular formula is C13H22BrN3. The molecule has 0 aliphatic carbocycles. The molecule has 0 saturated carbocycles. The molecule has 1 aromatic rings. The lowest BCUT2D eigenvalue weighted by Crippen LogP contribution is -2.16. The second-order valence-corrected chi connectivity index (χ2v) is 5.35. The molecule has 0 bridgehead atoms. The van der Waals surface area contributed by atoms with Crippen LogP contribution in [0.5, 0.6) is 0 Å². The van der Waals surface area contributed by atoms with Crippen molar-refractivity contribution >= 4 is 27.4 Å². The van der Waals surface area contributed by atoms with Gasteiger partial charge in [0.15, 0.2) is 0 Å². The van der Waals surface area contributed by atoms with Crippen molar-refractivity contribution in [3.05, 3.63) is 16.7 Å². The molecule has 3 N–H and O–H groups in total. The molecule has 0 aliphatic heterocycles. The van der Waals surface area contributed by atoms with Crippen LogP contribution in [0.25, 0.3) is 0 Å². The Kier molecular flexibility index (Phi) is 6.34. The van der Waals surface area contributed by atoms with Crippen molar-refractivity contribution in [2.24, 2.45) is 0 Å². The lowest BCUT2D eigenvalue weighted by Gasteiger charge is -2.15. The first-order chi connectivity index (χ1) is 8.13. The molecule has 0 fully saturated rings. The van der Waals surface area contributed by atoms with Gasteiger partial charge < -0.3 is 11.1 Å². The fourth-order valence-corrected chi connectivity index (χ4v) is 2.22. The Morgan fingerprint density at radius 3 is 2.82 bits per heavy atom. The van der Waals surface area contributed by atoms with E-state index in [1.54, 1.807) is 6.20 Å². The van der Waals surface area contributed by atoms with Gasteiger partial charge in [0.05, 0.1) is 16.4 Å². The Morgan fingerprint density at radius 2 is 2.18 bits per heavy atom. The maximum Gasteiger partial charge on any atom is 0.140 e. The fraction of sp³-hybridized carbons (Fsp3) is 0.615. The van der Waals surface area contributed by atoms with Crippen LogP contribution in [-0.4, -0.2) is 11.0 Å². The van der Waals surface area contributed by atoms with Crippen LogP contribution in [0.3, 0.4) is 0 Å². The van der Waals surface area contributed by atoms with Crippen molar-refractivity contribution in [2.45, 2.75) is 52.0 Å². The van der Waals surface area contributed by atoms with Gasteiger partial charge in [-0.1, -0.05) is 32.6 Å². The third-order valence-electron chi connectivity index (χ3n) is 2.74. The van der Waals surface area contributed by atoms with Gasteiger partial charge in [0.25, 0.3) is 0 Å². The van der Waals surface area contributed by atoms with E-state index >= 15 is 0 Å². The Hall–Kier alpha value is -0.770. The second kappa shape index (κ2) is 7.54. The largest absolute Gasteiger partial charge is 0.397 e. The smallest absolute Gasteiger partial charge is 0.140 e. The highest BCUT2D eigenvalue weighted by Crippen LogP contribution is 2.23. The number of anilines is 2. The summed E-state index contributed by atoms with van der Waals surface area (Å²) in [7, 11) is 0. The normalized spacial score (nSPS) is 12.4. The standard InChI is InChI=1S/C13H22BrN3/c1-3-4-5-6-7-10(2)17-13-12(14)8-11(15)9-16-13/h8-10H,3-7,15H2,1-2H3,(H,16,17). The Morgan fingerprint density at radius 1 is 1.41 bits per heavy atom. The Balaban J connectivity index is 2.37. The first-order valence-corrected chi connectivity index (χ1v) is 7.10. The van der Waals surface area contributed by atoms with Gasteiger partial charge in [0, 0.05) is 6.04 Å². The van der Waals surface area contributed by atoms with Gasteiger partial charge in [0.1, 0.15) is 5.82 Å². The molecule has 0 radical (unpaired) electrons. The van der Waals surface area contributed by atoms with Crippen molar-refractivity contribution in [2.75, 3.05) is 11.1 Å². The zero-order valence-corrected chi connectivity index (χ0v) is 12.3. The third-order valence-corrected chi connectivity index (χ3v) is 3.34. The highest BCUT2D eigenvalue weighted by molar-refractivity contribution is 9.10. The van der Waals surface area contributed by atoms with Crippen molar-refractivity contribution in [1.82, 2.24) is 4.98 Å². The first-order valence-electron chi connectivity index (χ1n) is 6.31. The quantitative estimate of drug-likeness (QED) is 0.742. The molecule has 17 heavy (non-hydrogen) atoms. The number of unbranched alkanes of at least 4 members (excludes halogenated alkanes) is 3. The van der Waals surface area contributed by atoms with E-state index < -0.39 is 0 Å². The van der Waals surface area contributed by atoms with Crippen LogP contribution in [0.1, 0.15) is 46.0 Å².